The van der Waals surface area contributed by atoms with E-state index in [0.717, 1.165) is 45.8 Å². The second-order valence-corrected chi connectivity index (χ2v) is 4.84. The van der Waals surface area contributed by atoms with Gasteiger partial charge in [-0.15, -0.1) is 0 Å². The van der Waals surface area contributed by atoms with E-state index in [0.29, 0.717) is 5.69 Å². The van der Waals surface area contributed by atoms with Crippen LogP contribution in [0.4, 0.5) is 11.4 Å². The van der Waals surface area contributed by atoms with Crippen LogP contribution >= 0.6 is 0 Å². The molecule has 2 rings (SSSR count). The zero-order chi connectivity index (χ0) is 15.1. The van der Waals surface area contributed by atoms with E-state index >= 15 is 0 Å². The van der Waals surface area contributed by atoms with Crippen LogP contribution in [0.15, 0.2) is 18.2 Å². The largest absolute Gasteiger partial charge is 0.385 e. The number of morpholine rings is 1. The van der Waals surface area contributed by atoms with Crippen molar-refractivity contribution in [1.29, 1.82) is 5.26 Å². The van der Waals surface area contributed by atoms with Crippen LogP contribution < -0.4 is 5.32 Å². The molecule has 1 aromatic rings. The highest BCUT2D eigenvalue weighted by Gasteiger charge is 2.14. The summed E-state index contributed by atoms with van der Waals surface area (Å²) in [5, 5.41) is 22.9. The second-order valence-electron chi connectivity index (χ2n) is 4.84. The molecule has 0 unspecified atom stereocenters. The van der Waals surface area contributed by atoms with Gasteiger partial charge < -0.3 is 10.1 Å². The topological polar surface area (TPSA) is 91.4 Å². The number of nitro groups is 1. The number of nitrogens with zero attached hydrogens (tertiary/aromatic N) is 3. The molecule has 0 spiro atoms. The van der Waals surface area contributed by atoms with Gasteiger partial charge in [0.05, 0.1) is 18.1 Å². The van der Waals surface area contributed by atoms with Gasteiger partial charge in [0.1, 0.15) is 11.6 Å². The number of nitriles is 1. The second kappa shape index (κ2) is 7.57. The van der Waals surface area contributed by atoms with Gasteiger partial charge in [-0.1, -0.05) is 0 Å². The Morgan fingerprint density at radius 2 is 2.19 bits per heavy atom. The molecule has 1 aliphatic heterocycles. The number of nitrogens with one attached hydrogen (secondary N) is 1. The summed E-state index contributed by atoms with van der Waals surface area (Å²) in [5.41, 5.74) is 0.595. The van der Waals surface area contributed by atoms with E-state index in [-0.39, 0.29) is 11.3 Å². The van der Waals surface area contributed by atoms with Gasteiger partial charge in [0, 0.05) is 31.4 Å². The van der Waals surface area contributed by atoms with Crippen molar-refractivity contribution < 1.29 is 9.66 Å². The lowest BCUT2D eigenvalue weighted by atomic mass is 10.2. The molecule has 1 fully saturated rings. The lowest BCUT2D eigenvalue weighted by Gasteiger charge is -2.26. The van der Waals surface area contributed by atoms with Gasteiger partial charge in [0.25, 0.3) is 5.69 Å². The number of hydrogen-bond acceptors (Lipinski definition) is 6. The average molecular weight is 290 g/mol. The quantitative estimate of drug-likeness (QED) is 0.486. The number of ether oxygens (including phenoxy) is 1. The van der Waals surface area contributed by atoms with Crippen molar-refractivity contribution in [1.82, 2.24) is 4.90 Å². The van der Waals surface area contributed by atoms with Crippen molar-refractivity contribution in [2.75, 3.05) is 44.7 Å². The van der Waals surface area contributed by atoms with E-state index in [1.54, 1.807) is 6.07 Å². The molecule has 1 N–H and O–H groups in total. The van der Waals surface area contributed by atoms with E-state index in [4.69, 9.17) is 10.00 Å². The zero-order valence-corrected chi connectivity index (χ0v) is 11.7. The van der Waals surface area contributed by atoms with Crippen LogP contribution in [-0.4, -0.2) is 49.2 Å². The third kappa shape index (κ3) is 4.41. The van der Waals surface area contributed by atoms with Gasteiger partial charge in [-0.2, -0.15) is 5.26 Å². The summed E-state index contributed by atoms with van der Waals surface area (Å²) >= 11 is 0. The first kappa shape index (κ1) is 15.2. The van der Waals surface area contributed by atoms with E-state index in [9.17, 15) is 10.1 Å². The summed E-state index contributed by atoms with van der Waals surface area (Å²) in [6, 6.07) is 6.41. The Bertz CT molecular complexity index is 536. The molecule has 0 radical (unpaired) electrons. The monoisotopic (exact) mass is 290 g/mol. The smallest absolute Gasteiger partial charge is 0.289 e. The number of hydrogen-bond donors (Lipinski definition) is 1. The molecular weight excluding hydrogens is 272 g/mol. The molecule has 0 aliphatic carbocycles. The fourth-order valence-corrected chi connectivity index (χ4v) is 2.25. The van der Waals surface area contributed by atoms with Gasteiger partial charge in [0.2, 0.25) is 0 Å². The Hall–Kier alpha value is -2.17. The number of anilines is 1. The fourth-order valence-electron chi connectivity index (χ4n) is 2.25. The van der Waals surface area contributed by atoms with Crippen LogP contribution in [0.1, 0.15) is 12.0 Å². The van der Waals surface area contributed by atoms with Crippen molar-refractivity contribution in [3.63, 3.8) is 0 Å². The van der Waals surface area contributed by atoms with Gasteiger partial charge in [-0.25, -0.2) is 0 Å². The van der Waals surface area contributed by atoms with Crippen molar-refractivity contribution in [3.8, 4) is 6.07 Å². The Labute approximate surface area is 123 Å². The summed E-state index contributed by atoms with van der Waals surface area (Å²) in [4.78, 5) is 12.7. The van der Waals surface area contributed by atoms with Crippen LogP contribution in [-0.2, 0) is 4.74 Å². The molecule has 0 amide bonds. The van der Waals surface area contributed by atoms with E-state index in [2.05, 4.69) is 10.2 Å². The molecule has 1 aromatic carbocycles. The highest BCUT2D eigenvalue weighted by Crippen LogP contribution is 2.22. The van der Waals surface area contributed by atoms with Gasteiger partial charge >= 0.3 is 0 Å². The summed E-state index contributed by atoms with van der Waals surface area (Å²) in [6.07, 6.45) is 0.952. The Balaban J connectivity index is 1.81. The molecule has 0 bridgehead atoms. The first-order chi connectivity index (χ1) is 10.2. The first-order valence-electron chi connectivity index (χ1n) is 6.93. The number of nitro benzene ring substituents is 1. The van der Waals surface area contributed by atoms with Gasteiger partial charge in [-0.05, 0) is 25.1 Å². The molecule has 1 heterocycles. The molecule has 112 valence electrons. The SMILES string of the molecule is N#Cc1ccc(NCCCN2CCOCC2)cc1[N+](=O)[O-]. The molecule has 0 saturated carbocycles. The van der Waals surface area contributed by atoms with Crippen LogP contribution in [0.5, 0.6) is 0 Å². The molecule has 7 nitrogen and oxygen atoms in total. The predicted molar refractivity (Wildman–Crippen MR) is 78.2 cm³/mol. The Morgan fingerprint density at radius 1 is 1.43 bits per heavy atom. The van der Waals surface area contributed by atoms with Crippen LogP contribution in [0.3, 0.4) is 0 Å². The van der Waals surface area contributed by atoms with Crippen molar-refractivity contribution in [2.45, 2.75) is 6.42 Å². The molecule has 1 saturated heterocycles. The fraction of sp³-hybridized carbons (Fsp3) is 0.500. The molecule has 21 heavy (non-hydrogen) atoms. The van der Waals surface area contributed by atoms with Gasteiger partial charge in [0.15, 0.2) is 0 Å². The maximum atomic E-state index is 10.9. The Kier molecular flexibility index (Phi) is 5.49. The summed E-state index contributed by atoms with van der Waals surface area (Å²) in [7, 11) is 0. The van der Waals surface area contributed by atoms with Crippen LogP contribution in [0.2, 0.25) is 0 Å². The minimum absolute atomic E-state index is 0.0823. The normalized spacial score (nSPS) is 15.4. The third-order valence-electron chi connectivity index (χ3n) is 3.40. The molecule has 7 heteroatoms. The minimum atomic E-state index is -0.530. The van der Waals surface area contributed by atoms with Crippen LogP contribution in [0, 0.1) is 21.4 Å². The van der Waals surface area contributed by atoms with Crippen molar-refractivity contribution >= 4 is 11.4 Å². The first-order valence-corrected chi connectivity index (χ1v) is 6.93. The third-order valence-corrected chi connectivity index (χ3v) is 3.40. The maximum Gasteiger partial charge on any atom is 0.289 e. The van der Waals surface area contributed by atoms with E-state index in [1.165, 1.54) is 12.1 Å². The summed E-state index contributed by atoms with van der Waals surface area (Å²) < 4.78 is 5.29. The Morgan fingerprint density at radius 3 is 2.86 bits per heavy atom. The van der Waals surface area contributed by atoms with Crippen molar-refractivity contribution in [3.05, 3.63) is 33.9 Å². The predicted octanol–water partition coefficient (Wildman–Crippen LogP) is 1.60. The highest BCUT2D eigenvalue weighted by molar-refractivity contribution is 5.59. The maximum absolute atomic E-state index is 10.9. The lowest BCUT2D eigenvalue weighted by molar-refractivity contribution is -0.385. The number of benzene rings is 1. The standard InChI is InChI=1S/C14H18N4O3/c15-11-12-2-3-13(10-14(12)18(19)20)16-4-1-5-17-6-8-21-9-7-17/h2-3,10,16H,1,4-9H2. The van der Waals surface area contributed by atoms with E-state index in [1.807, 2.05) is 6.07 Å². The minimum Gasteiger partial charge on any atom is -0.385 e. The van der Waals surface area contributed by atoms with Crippen molar-refractivity contribution in [2.24, 2.45) is 0 Å². The molecule has 1 aliphatic rings. The summed E-state index contributed by atoms with van der Waals surface area (Å²) in [6.45, 7) is 5.21. The average Bonchev–Trinajstić information content (AvgIpc) is 2.52. The van der Waals surface area contributed by atoms with Crippen LogP contribution in [0.25, 0.3) is 0 Å². The van der Waals surface area contributed by atoms with E-state index < -0.39 is 4.92 Å². The molecule has 0 atom stereocenters. The molecule has 0 aromatic heterocycles. The number of rotatable bonds is 6. The molecular formula is C14H18N4O3. The van der Waals surface area contributed by atoms with Gasteiger partial charge in [-0.3, -0.25) is 15.0 Å². The lowest BCUT2D eigenvalue weighted by Crippen LogP contribution is -2.37. The highest BCUT2D eigenvalue weighted by atomic mass is 16.6. The zero-order valence-electron chi connectivity index (χ0n) is 11.7. The summed E-state index contributed by atoms with van der Waals surface area (Å²) in [5.74, 6) is 0.